The molecule has 28 heavy (non-hydrogen) atoms. The molecule has 0 unspecified atom stereocenters. The molecule has 0 amide bonds. The molecule has 0 saturated heterocycles. The van der Waals surface area contributed by atoms with Gasteiger partial charge in [-0.25, -0.2) is 4.98 Å². The summed E-state index contributed by atoms with van der Waals surface area (Å²) in [6.07, 6.45) is 0. The van der Waals surface area contributed by atoms with Crippen LogP contribution in [0.4, 0.5) is 0 Å². The number of halogens is 1. The third-order valence-electron chi connectivity index (χ3n) is 5.74. The van der Waals surface area contributed by atoms with Crippen molar-refractivity contribution in [3.8, 4) is 0 Å². The van der Waals surface area contributed by atoms with Crippen molar-refractivity contribution in [1.29, 1.82) is 0 Å². The number of hydrogen-bond donors (Lipinski definition) is 0. The van der Waals surface area contributed by atoms with Crippen LogP contribution >= 0.6 is 11.6 Å². The van der Waals surface area contributed by atoms with Gasteiger partial charge in [-0.15, -0.1) is 0 Å². The van der Waals surface area contributed by atoms with Crippen molar-refractivity contribution in [3.05, 3.63) is 74.9 Å². The molecule has 138 valence electrons. The summed E-state index contributed by atoms with van der Waals surface area (Å²) in [7, 11) is 0. The van der Waals surface area contributed by atoms with Gasteiger partial charge in [0.15, 0.2) is 0 Å². The van der Waals surface area contributed by atoms with Crippen LogP contribution in [-0.2, 0) is 6.54 Å². The van der Waals surface area contributed by atoms with Gasteiger partial charge in [0.05, 0.1) is 27.1 Å². The summed E-state index contributed by atoms with van der Waals surface area (Å²) in [6, 6.07) is 16.0. The lowest BCUT2D eigenvalue weighted by Gasteiger charge is -2.16. The van der Waals surface area contributed by atoms with Crippen LogP contribution in [0.15, 0.2) is 53.3 Å². The molecule has 0 aliphatic carbocycles. The number of nitrogens with zero attached hydrogens (tertiary/aromatic N) is 2. The minimum Gasteiger partial charge on any atom is -0.338 e. The van der Waals surface area contributed by atoms with Gasteiger partial charge in [-0.05, 0) is 66.9 Å². The number of aryl methyl sites for hydroxylation is 3. The SMILES string of the molecule is CCn1c2cc(C)c(C)cc2nc2cc3c(cc21)c(Cl)c(=O)c1ccccc13. The van der Waals surface area contributed by atoms with E-state index in [1.807, 2.05) is 30.3 Å². The first-order valence-corrected chi connectivity index (χ1v) is 9.83. The molecule has 0 saturated carbocycles. The Labute approximate surface area is 167 Å². The molecule has 0 atom stereocenters. The molecular formula is C24H19ClN2O. The van der Waals surface area contributed by atoms with E-state index in [9.17, 15) is 4.79 Å². The van der Waals surface area contributed by atoms with Crippen molar-refractivity contribution in [2.45, 2.75) is 27.3 Å². The van der Waals surface area contributed by atoms with Crippen molar-refractivity contribution in [1.82, 2.24) is 9.55 Å². The van der Waals surface area contributed by atoms with Crippen molar-refractivity contribution >= 4 is 55.2 Å². The van der Waals surface area contributed by atoms with Crippen molar-refractivity contribution in [3.63, 3.8) is 0 Å². The van der Waals surface area contributed by atoms with E-state index in [-0.39, 0.29) is 10.5 Å². The molecule has 0 spiro atoms. The van der Waals surface area contributed by atoms with E-state index in [1.54, 1.807) is 0 Å². The summed E-state index contributed by atoms with van der Waals surface area (Å²) < 4.78 is 2.25. The molecule has 4 heteroatoms. The lowest BCUT2D eigenvalue weighted by molar-refractivity contribution is 0.818. The van der Waals surface area contributed by atoms with E-state index in [2.05, 4.69) is 43.5 Å². The molecule has 3 nitrogen and oxygen atoms in total. The maximum Gasteiger partial charge on any atom is 0.205 e. The zero-order valence-electron chi connectivity index (χ0n) is 16.0. The first-order chi connectivity index (χ1) is 13.5. The second-order valence-electron chi connectivity index (χ2n) is 7.36. The standard InChI is InChI=1S/C24H19ClN2O/c1-4-27-21-10-14(3)13(2)9-19(21)26-20-11-17-15-7-5-6-8-16(15)24(28)23(25)18(17)12-22(20)27/h5-12H,4H2,1-3H3. The summed E-state index contributed by atoms with van der Waals surface area (Å²) in [5, 5.41) is 3.59. The summed E-state index contributed by atoms with van der Waals surface area (Å²) >= 11 is 6.52. The maximum atomic E-state index is 12.8. The average Bonchev–Trinajstić information content (AvgIpc) is 2.70. The third kappa shape index (κ3) is 2.29. The molecule has 4 aromatic carbocycles. The Hall–Kier alpha value is -2.91. The number of benzene rings is 4. The number of fused-ring (bicyclic) bond motifs is 5. The average molecular weight is 387 g/mol. The Bertz CT molecular complexity index is 1500. The number of hydrogen-bond acceptors (Lipinski definition) is 2. The summed E-state index contributed by atoms with van der Waals surface area (Å²) in [4.78, 5) is 17.7. The molecule has 0 fully saturated rings. The van der Waals surface area contributed by atoms with Gasteiger partial charge in [0.25, 0.3) is 0 Å². The Morgan fingerprint density at radius 3 is 2.25 bits per heavy atom. The van der Waals surface area contributed by atoms with Crippen LogP contribution in [0.3, 0.4) is 0 Å². The van der Waals surface area contributed by atoms with Gasteiger partial charge >= 0.3 is 0 Å². The fourth-order valence-corrected chi connectivity index (χ4v) is 4.39. The van der Waals surface area contributed by atoms with Crippen LogP contribution in [0, 0.1) is 13.8 Å². The van der Waals surface area contributed by atoms with Crippen LogP contribution in [0.2, 0.25) is 5.02 Å². The molecule has 1 aromatic heterocycles. The highest BCUT2D eigenvalue weighted by Crippen LogP contribution is 2.33. The van der Waals surface area contributed by atoms with Crippen molar-refractivity contribution < 1.29 is 0 Å². The highest BCUT2D eigenvalue weighted by molar-refractivity contribution is 6.38. The number of aromatic nitrogens is 2. The Kier molecular flexibility index (Phi) is 3.72. The molecule has 0 N–H and O–H groups in total. The van der Waals surface area contributed by atoms with Crippen LogP contribution < -0.4 is 5.43 Å². The molecule has 0 aliphatic rings. The summed E-state index contributed by atoms with van der Waals surface area (Å²) in [5.41, 5.74) is 6.32. The first kappa shape index (κ1) is 17.2. The normalized spacial score (nSPS) is 11.9. The third-order valence-corrected chi connectivity index (χ3v) is 6.12. The maximum absolute atomic E-state index is 12.8. The van der Waals surface area contributed by atoms with Crippen LogP contribution in [0.25, 0.3) is 43.6 Å². The van der Waals surface area contributed by atoms with Crippen LogP contribution in [-0.4, -0.2) is 9.55 Å². The van der Waals surface area contributed by atoms with Gasteiger partial charge in [0.2, 0.25) is 5.43 Å². The molecule has 1 heterocycles. The minimum atomic E-state index is -0.118. The van der Waals surface area contributed by atoms with E-state index >= 15 is 0 Å². The summed E-state index contributed by atoms with van der Waals surface area (Å²) in [5.74, 6) is 0. The van der Waals surface area contributed by atoms with E-state index in [0.717, 1.165) is 44.8 Å². The quantitative estimate of drug-likeness (QED) is 0.256. The van der Waals surface area contributed by atoms with Gasteiger partial charge in [-0.3, -0.25) is 4.79 Å². The largest absolute Gasteiger partial charge is 0.338 e. The monoisotopic (exact) mass is 386 g/mol. The lowest BCUT2D eigenvalue weighted by Crippen LogP contribution is -2.06. The minimum absolute atomic E-state index is 0.118. The highest BCUT2D eigenvalue weighted by Gasteiger charge is 2.15. The lowest BCUT2D eigenvalue weighted by atomic mass is 10.00. The number of rotatable bonds is 1. The Morgan fingerprint density at radius 1 is 0.857 bits per heavy atom. The van der Waals surface area contributed by atoms with Gasteiger partial charge in [0.1, 0.15) is 0 Å². The molecule has 0 radical (unpaired) electrons. The zero-order chi connectivity index (χ0) is 19.6. The zero-order valence-corrected chi connectivity index (χ0v) is 16.8. The van der Waals surface area contributed by atoms with E-state index in [1.165, 1.54) is 11.1 Å². The second kappa shape index (κ2) is 6.05. The summed E-state index contributed by atoms with van der Waals surface area (Å²) in [6.45, 7) is 7.16. The van der Waals surface area contributed by atoms with E-state index in [4.69, 9.17) is 16.6 Å². The predicted octanol–water partition coefficient (Wildman–Crippen LogP) is 6.15. The van der Waals surface area contributed by atoms with E-state index in [0.29, 0.717) is 5.39 Å². The van der Waals surface area contributed by atoms with Gasteiger partial charge < -0.3 is 4.57 Å². The molecular weight excluding hydrogens is 368 g/mol. The highest BCUT2D eigenvalue weighted by atomic mass is 35.5. The van der Waals surface area contributed by atoms with Gasteiger partial charge in [-0.2, -0.15) is 0 Å². The molecule has 0 bridgehead atoms. The molecule has 0 aliphatic heterocycles. The van der Waals surface area contributed by atoms with Crippen molar-refractivity contribution in [2.24, 2.45) is 0 Å². The van der Waals surface area contributed by atoms with Crippen LogP contribution in [0.5, 0.6) is 0 Å². The molecule has 5 aromatic rings. The fraction of sp³-hybridized carbons (Fsp3) is 0.167. The predicted molar refractivity (Wildman–Crippen MR) is 119 cm³/mol. The van der Waals surface area contributed by atoms with Gasteiger partial charge in [0, 0.05) is 17.3 Å². The second-order valence-corrected chi connectivity index (χ2v) is 7.73. The molecule has 5 rings (SSSR count). The van der Waals surface area contributed by atoms with Gasteiger partial charge in [-0.1, -0.05) is 35.9 Å². The van der Waals surface area contributed by atoms with Crippen molar-refractivity contribution in [2.75, 3.05) is 0 Å². The van der Waals surface area contributed by atoms with Crippen LogP contribution in [0.1, 0.15) is 18.1 Å². The Balaban J connectivity index is 2.05. The Morgan fingerprint density at radius 2 is 1.50 bits per heavy atom. The fourth-order valence-electron chi connectivity index (χ4n) is 4.14. The topological polar surface area (TPSA) is 34.9 Å². The smallest absolute Gasteiger partial charge is 0.205 e. The van der Waals surface area contributed by atoms with E-state index < -0.39 is 0 Å². The first-order valence-electron chi connectivity index (χ1n) is 9.45.